The monoisotopic (exact) mass is 410 g/mol. The number of alkyl halides is 1. The molecule has 16 heavy (non-hydrogen) atoms. The summed E-state index contributed by atoms with van der Waals surface area (Å²) >= 11 is 10.4. The van der Waals surface area contributed by atoms with E-state index in [4.69, 9.17) is 4.74 Å². The van der Waals surface area contributed by atoms with Gasteiger partial charge in [0.2, 0.25) is 0 Å². The van der Waals surface area contributed by atoms with Crippen LogP contribution in [0.3, 0.4) is 0 Å². The van der Waals surface area contributed by atoms with E-state index in [1.54, 1.807) is 0 Å². The summed E-state index contributed by atoms with van der Waals surface area (Å²) in [7, 11) is 0. The van der Waals surface area contributed by atoms with Crippen molar-refractivity contribution < 1.29 is 4.74 Å². The molecule has 0 bridgehead atoms. The van der Waals surface area contributed by atoms with Crippen molar-refractivity contribution in [3.8, 4) is 5.75 Å². The van der Waals surface area contributed by atoms with Crippen molar-refractivity contribution in [2.24, 2.45) is 0 Å². The van der Waals surface area contributed by atoms with Crippen LogP contribution < -0.4 is 4.74 Å². The van der Waals surface area contributed by atoms with Gasteiger partial charge in [0.15, 0.2) is 0 Å². The number of hydrogen-bond acceptors (Lipinski definition) is 1. The van der Waals surface area contributed by atoms with E-state index >= 15 is 0 Å². The Morgan fingerprint density at radius 1 is 1.31 bits per heavy atom. The van der Waals surface area contributed by atoms with Gasteiger partial charge in [-0.15, -0.1) is 0 Å². The second-order valence-corrected chi connectivity index (χ2v) is 5.63. The summed E-state index contributed by atoms with van der Waals surface area (Å²) in [4.78, 5) is 0. The van der Waals surface area contributed by atoms with Crippen molar-refractivity contribution in [2.45, 2.75) is 13.3 Å². The van der Waals surface area contributed by atoms with Crippen LogP contribution in [0.25, 0.3) is 6.08 Å². The number of halogens is 3. The fraction of sp³-hybridized carbons (Fsp3) is 0.333. The third-order valence-corrected chi connectivity index (χ3v) is 3.29. The summed E-state index contributed by atoms with van der Waals surface area (Å²) in [6, 6.07) is 4.05. The lowest BCUT2D eigenvalue weighted by Crippen LogP contribution is -1.98. The summed E-state index contributed by atoms with van der Waals surface area (Å²) in [5.41, 5.74) is 1.08. The molecule has 0 aliphatic rings. The molecule has 88 valence electrons. The van der Waals surface area contributed by atoms with Crippen molar-refractivity contribution in [3.05, 3.63) is 32.7 Å². The molecule has 1 aromatic carbocycles. The van der Waals surface area contributed by atoms with E-state index < -0.39 is 0 Å². The highest BCUT2D eigenvalue weighted by Gasteiger charge is 2.07. The van der Waals surface area contributed by atoms with E-state index in [0.717, 1.165) is 38.6 Å². The molecule has 0 amide bonds. The minimum atomic E-state index is 0.732. The van der Waals surface area contributed by atoms with Gasteiger partial charge >= 0.3 is 0 Å². The van der Waals surface area contributed by atoms with Crippen molar-refractivity contribution >= 4 is 53.9 Å². The Bertz CT molecular complexity index is 375. The summed E-state index contributed by atoms with van der Waals surface area (Å²) < 4.78 is 7.75. The average molecular weight is 413 g/mol. The molecule has 0 N–H and O–H groups in total. The summed E-state index contributed by atoms with van der Waals surface area (Å²) in [6.45, 7) is 2.83. The molecular formula is C12H13Br3O. The van der Waals surface area contributed by atoms with Gasteiger partial charge in [-0.25, -0.2) is 0 Å². The van der Waals surface area contributed by atoms with Gasteiger partial charge in [0.05, 0.1) is 11.1 Å². The third-order valence-electron chi connectivity index (χ3n) is 1.87. The van der Waals surface area contributed by atoms with Gasteiger partial charge in [0.1, 0.15) is 5.75 Å². The highest BCUT2D eigenvalue weighted by molar-refractivity contribution is 9.11. The average Bonchev–Trinajstić information content (AvgIpc) is 2.24. The highest BCUT2D eigenvalue weighted by atomic mass is 79.9. The zero-order valence-corrected chi connectivity index (χ0v) is 13.7. The van der Waals surface area contributed by atoms with Crippen LogP contribution in [-0.4, -0.2) is 11.9 Å². The predicted molar refractivity (Wildman–Crippen MR) is 80.5 cm³/mol. The van der Waals surface area contributed by atoms with Crippen molar-refractivity contribution in [2.75, 3.05) is 11.9 Å². The van der Waals surface area contributed by atoms with Crippen LogP contribution in [0.2, 0.25) is 0 Å². The first-order valence-corrected chi connectivity index (χ1v) is 7.74. The SMILES string of the molecule is CCCOc1c(Br)cc(Br)cc1C=CCBr. The van der Waals surface area contributed by atoms with Gasteiger partial charge in [-0.1, -0.05) is 50.9 Å². The number of hydrogen-bond donors (Lipinski definition) is 0. The fourth-order valence-electron chi connectivity index (χ4n) is 1.23. The second kappa shape index (κ2) is 7.51. The summed E-state index contributed by atoms with van der Waals surface area (Å²) in [5, 5.41) is 0.838. The normalized spacial score (nSPS) is 11.0. The third kappa shape index (κ3) is 4.22. The molecule has 0 unspecified atom stereocenters. The first kappa shape index (κ1) is 14.3. The van der Waals surface area contributed by atoms with Gasteiger partial charge in [-0.3, -0.25) is 0 Å². The number of rotatable bonds is 5. The second-order valence-electron chi connectivity index (χ2n) is 3.21. The molecule has 1 aromatic rings. The van der Waals surface area contributed by atoms with Crippen LogP contribution >= 0.6 is 47.8 Å². The molecule has 1 nitrogen and oxygen atoms in total. The molecule has 0 spiro atoms. The van der Waals surface area contributed by atoms with E-state index in [2.05, 4.69) is 66.9 Å². The standard InChI is InChI=1S/C12H13Br3O/c1-2-6-16-12-9(4-3-5-13)7-10(14)8-11(12)15/h3-4,7-8H,2,5-6H2,1H3. The van der Waals surface area contributed by atoms with Crippen LogP contribution in [0.1, 0.15) is 18.9 Å². The van der Waals surface area contributed by atoms with Crippen LogP contribution in [0.5, 0.6) is 5.75 Å². The van der Waals surface area contributed by atoms with Crippen LogP contribution in [-0.2, 0) is 0 Å². The molecule has 0 aliphatic heterocycles. The van der Waals surface area contributed by atoms with E-state index in [1.807, 2.05) is 12.1 Å². The summed E-state index contributed by atoms with van der Waals surface area (Å²) in [6.07, 6.45) is 5.10. The van der Waals surface area contributed by atoms with Crippen molar-refractivity contribution in [1.29, 1.82) is 0 Å². The maximum atomic E-state index is 5.73. The van der Waals surface area contributed by atoms with Crippen LogP contribution in [0, 0.1) is 0 Å². The molecule has 1 rings (SSSR count). The predicted octanol–water partition coefficient (Wildman–Crippen LogP) is 5.41. The summed E-state index contributed by atoms with van der Waals surface area (Å²) in [5.74, 6) is 0.905. The van der Waals surface area contributed by atoms with Gasteiger partial charge < -0.3 is 4.74 Å². The zero-order valence-electron chi connectivity index (χ0n) is 8.97. The Morgan fingerprint density at radius 2 is 2.06 bits per heavy atom. The molecule has 0 fully saturated rings. The smallest absolute Gasteiger partial charge is 0.140 e. The molecule has 0 radical (unpaired) electrons. The number of benzene rings is 1. The fourth-order valence-corrected chi connectivity index (χ4v) is 2.79. The molecular weight excluding hydrogens is 400 g/mol. The minimum Gasteiger partial charge on any atom is -0.492 e. The maximum absolute atomic E-state index is 5.73. The Kier molecular flexibility index (Phi) is 6.70. The molecule has 0 atom stereocenters. The van der Waals surface area contributed by atoms with E-state index in [-0.39, 0.29) is 0 Å². The lowest BCUT2D eigenvalue weighted by Gasteiger charge is -2.11. The van der Waals surface area contributed by atoms with E-state index in [1.165, 1.54) is 0 Å². The molecule has 0 saturated carbocycles. The van der Waals surface area contributed by atoms with E-state index in [0.29, 0.717) is 0 Å². The molecule has 0 saturated heterocycles. The molecule has 0 aromatic heterocycles. The Labute approximate surface area is 122 Å². The van der Waals surface area contributed by atoms with Gasteiger partial charge in [0.25, 0.3) is 0 Å². The van der Waals surface area contributed by atoms with Gasteiger partial charge in [-0.05, 0) is 34.5 Å². The quantitative estimate of drug-likeness (QED) is 0.587. The van der Waals surface area contributed by atoms with Crippen LogP contribution in [0.15, 0.2) is 27.2 Å². The number of ether oxygens (including phenoxy) is 1. The van der Waals surface area contributed by atoms with Gasteiger partial charge in [0, 0.05) is 15.4 Å². The first-order chi connectivity index (χ1) is 7.69. The number of allylic oxidation sites excluding steroid dienone is 1. The van der Waals surface area contributed by atoms with Crippen molar-refractivity contribution in [1.82, 2.24) is 0 Å². The molecule has 0 heterocycles. The van der Waals surface area contributed by atoms with Gasteiger partial charge in [-0.2, -0.15) is 0 Å². The lowest BCUT2D eigenvalue weighted by molar-refractivity contribution is 0.315. The Morgan fingerprint density at radius 3 is 2.69 bits per heavy atom. The Hall–Kier alpha value is 0.200. The maximum Gasteiger partial charge on any atom is 0.140 e. The minimum absolute atomic E-state index is 0.732. The lowest BCUT2D eigenvalue weighted by atomic mass is 10.2. The van der Waals surface area contributed by atoms with Crippen LogP contribution in [0.4, 0.5) is 0 Å². The molecule has 4 heteroatoms. The topological polar surface area (TPSA) is 9.23 Å². The molecule has 0 aliphatic carbocycles. The highest BCUT2D eigenvalue weighted by Crippen LogP contribution is 2.33. The zero-order chi connectivity index (χ0) is 12.0. The Balaban J connectivity index is 3.05. The van der Waals surface area contributed by atoms with Crippen molar-refractivity contribution in [3.63, 3.8) is 0 Å². The first-order valence-electron chi connectivity index (χ1n) is 5.03. The largest absolute Gasteiger partial charge is 0.492 e. The van der Waals surface area contributed by atoms with E-state index in [9.17, 15) is 0 Å².